The normalized spacial score (nSPS) is 15.3. The Kier molecular flexibility index (Phi) is 4.33. The Labute approximate surface area is 139 Å². The van der Waals surface area contributed by atoms with Crippen molar-refractivity contribution in [2.45, 2.75) is 38.6 Å². The standard InChI is InChI=1S/C17H20N4O3/c1-9(2)13(14(18)22)19-16(23)12-5-3-4-11(8-12)15-20-17(24-21-15)10-6-7-10/h3-5,8-10,13H,6-7H2,1-2H3,(H2,18,22)(H,19,23). The van der Waals surface area contributed by atoms with Crippen LogP contribution in [-0.4, -0.2) is 28.0 Å². The van der Waals surface area contributed by atoms with Crippen LogP contribution in [0.1, 0.15) is 48.9 Å². The van der Waals surface area contributed by atoms with E-state index >= 15 is 0 Å². The van der Waals surface area contributed by atoms with Crippen LogP contribution in [0.2, 0.25) is 0 Å². The molecule has 1 fully saturated rings. The smallest absolute Gasteiger partial charge is 0.251 e. The van der Waals surface area contributed by atoms with Gasteiger partial charge < -0.3 is 15.6 Å². The minimum Gasteiger partial charge on any atom is -0.368 e. The summed E-state index contributed by atoms with van der Waals surface area (Å²) in [6.45, 7) is 3.65. The molecule has 1 aromatic heterocycles. The lowest BCUT2D eigenvalue weighted by Crippen LogP contribution is -2.47. The Hall–Kier alpha value is -2.70. The average Bonchev–Trinajstić information content (AvgIpc) is 3.29. The Morgan fingerprint density at radius 1 is 1.33 bits per heavy atom. The predicted molar refractivity (Wildman–Crippen MR) is 87.0 cm³/mol. The molecule has 0 aliphatic heterocycles. The zero-order chi connectivity index (χ0) is 17.3. The van der Waals surface area contributed by atoms with E-state index < -0.39 is 11.9 Å². The summed E-state index contributed by atoms with van der Waals surface area (Å²) < 4.78 is 5.25. The molecule has 2 aromatic rings. The van der Waals surface area contributed by atoms with Gasteiger partial charge in [0.1, 0.15) is 6.04 Å². The summed E-state index contributed by atoms with van der Waals surface area (Å²) >= 11 is 0. The lowest BCUT2D eigenvalue weighted by molar-refractivity contribution is -0.120. The van der Waals surface area contributed by atoms with E-state index in [0.29, 0.717) is 28.8 Å². The number of nitrogens with one attached hydrogen (secondary N) is 1. The van der Waals surface area contributed by atoms with E-state index in [1.165, 1.54) is 0 Å². The van der Waals surface area contributed by atoms with Crippen LogP contribution >= 0.6 is 0 Å². The second-order valence-electron chi connectivity index (χ2n) is 6.41. The van der Waals surface area contributed by atoms with Crippen LogP contribution in [0.3, 0.4) is 0 Å². The van der Waals surface area contributed by atoms with Gasteiger partial charge in [-0.15, -0.1) is 0 Å². The van der Waals surface area contributed by atoms with Crippen molar-refractivity contribution in [2.75, 3.05) is 0 Å². The van der Waals surface area contributed by atoms with Gasteiger partial charge in [0, 0.05) is 17.0 Å². The highest BCUT2D eigenvalue weighted by Crippen LogP contribution is 2.39. The molecule has 0 spiro atoms. The summed E-state index contributed by atoms with van der Waals surface area (Å²) in [5.41, 5.74) is 6.44. The molecule has 1 aromatic carbocycles. The molecular formula is C17H20N4O3. The van der Waals surface area contributed by atoms with Crippen LogP contribution < -0.4 is 11.1 Å². The number of nitrogens with zero attached hydrogens (tertiary/aromatic N) is 2. The van der Waals surface area contributed by atoms with Crippen LogP contribution in [0.5, 0.6) is 0 Å². The highest BCUT2D eigenvalue weighted by atomic mass is 16.5. The molecular weight excluding hydrogens is 308 g/mol. The van der Waals surface area contributed by atoms with Gasteiger partial charge in [-0.1, -0.05) is 31.1 Å². The molecule has 1 saturated carbocycles. The molecule has 0 radical (unpaired) electrons. The molecule has 3 N–H and O–H groups in total. The number of primary amides is 1. The number of nitrogens with two attached hydrogens (primary N) is 1. The molecule has 7 heteroatoms. The molecule has 1 unspecified atom stereocenters. The third-order valence-electron chi connectivity index (χ3n) is 4.01. The highest BCUT2D eigenvalue weighted by Gasteiger charge is 2.30. The monoisotopic (exact) mass is 328 g/mol. The van der Waals surface area contributed by atoms with E-state index in [1.54, 1.807) is 18.2 Å². The van der Waals surface area contributed by atoms with Crippen LogP contribution in [0.15, 0.2) is 28.8 Å². The molecule has 1 aliphatic rings. The van der Waals surface area contributed by atoms with E-state index in [-0.39, 0.29) is 11.8 Å². The summed E-state index contributed by atoms with van der Waals surface area (Å²) in [6, 6.07) is 6.18. The van der Waals surface area contributed by atoms with E-state index in [0.717, 1.165) is 12.8 Å². The summed E-state index contributed by atoms with van der Waals surface area (Å²) in [4.78, 5) is 28.2. The van der Waals surface area contributed by atoms with Crippen LogP contribution in [0.25, 0.3) is 11.4 Å². The second-order valence-corrected chi connectivity index (χ2v) is 6.41. The zero-order valence-electron chi connectivity index (χ0n) is 13.7. The number of aromatic nitrogens is 2. The zero-order valence-corrected chi connectivity index (χ0v) is 13.7. The average molecular weight is 328 g/mol. The first-order chi connectivity index (χ1) is 11.5. The predicted octanol–water partition coefficient (Wildman–Crippen LogP) is 1.85. The molecule has 7 nitrogen and oxygen atoms in total. The molecule has 1 atom stereocenters. The van der Waals surface area contributed by atoms with Gasteiger partial charge in [0.05, 0.1) is 0 Å². The van der Waals surface area contributed by atoms with Gasteiger partial charge in [0.25, 0.3) is 5.91 Å². The van der Waals surface area contributed by atoms with E-state index in [1.807, 2.05) is 19.9 Å². The van der Waals surface area contributed by atoms with Crippen molar-refractivity contribution in [3.8, 4) is 11.4 Å². The molecule has 126 valence electrons. The molecule has 0 saturated heterocycles. The summed E-state index contributed by atoms with van der Waals surface area (Å²) in [6.07, 6.45) is 2.15. The van der Waals surface area contributed by atoms with Crippen molar-refractivity contribution < 1.29 is 14.1 Å². The molecule has 2 amide bonds. The van der Waals surface area contributed by atoms with Gasteiger partial charge in [-0.2, -0.15) is 4.98 Å². The van der Waals surface area contributed by atoms with Crippen molar-refractivity contribution in [1.82, 2.24) is 15.5 Å². The summed E-state index contributed by atoms with van der Waals surface area (Å²) in [5, 5.41) is 6.64. The number of hydrogen-bond acceptors (Lipinski definition) is 5. The number of rotatable bonds is 6. The van der Waals surface area contributed by atoms with E-state index in [4.69, 9.17) is 10.3 Å². The maximum absolute atomic E-state index is 12.4. The fourth-order valence-electron chi connectivity index (χ4n) is 2.44. The Morgan fingerprint density at radius 2 is 2.08 bits per heavy atom. The van der Waals surface area contributed by atoms with Crippen LogP contribution in [-0.2, 0) is 4.79 Å². The van der Waals surface area contributed by atoms with E-state index in [9.17, 15) is 9.59 Å². The van der Waals surface area contributed by atoms with Gasteiger partial charge in [0.2, 0.25) is 17.6 Å². The maximum Gasteiger partial charge on any atom is 0.251 e. The summed E-state index contributed by atoms with van der Waals surface area (Å²) in [7, 11) is 0. The number of carbonyl (C=O) groups excluding carboxylic acids is 2. The SMILES string of the molecule is CC(C)C(NC(=O)c1cccc(-c2noc(C3CC3)n2)c1)C(N)=O. The number of benzene rings is 1. The fraction of sp³-hybridized carbons (Fsp3) is 0.412. The quantitative estimate of drug-likeness (QED) is 0.840. The first-order valence-electron chi connectivity index (χ1n) is 8.00. The third-order valence-corrected chi connectivity index (χ3v) is 4.01. The maximum atomic E-state index is 12.4. The minimum absolute atomic E-state index is 0.0899. The van der Waals surface area contributed by atoms with Gasteiger partial charge >= 0.3 is 0 Å². The van der Waals surface area contributed by atoms with Crippen molar-refractivity contribution in [3.05, 3.63) is 35.7 Å². The van der Waals surface area contributed by atoms with Crippen molar-refractivity contribution >= 4 is 11.8 Å². The van der Waals surface area contributed by atoms with Crippen LogP contribution in [0.4, 0.5) is 0 Å². The molecule has 3 rings (SSSR count). The molecule has 1 aliphatic carbocycles. The van der Waals surface area contributed by atoms with Gasteiger partial charge in [-0.25, -0.2) is 0 Å². The topological polar surface area (TPSA) is 111 Å². The number of amides is 2. The van der Waals surface area contributed by atoms with Crippen molar-refractivity contribution in [2.24, 2.45) is 11.7 Å². The van der Waals surface area contributed by atoms with Gasteiger partial charge in [-0.3, -0.25) is 9.59 Å². The number of hydrogen-bond donors (Lipinski definition) is 2. The first kappa shape index (κ1) is 16.2. The third kappa shape index (κ3) is 3.45. The minimum atomic E-state index is -0.715. The van der Waals surface area contributed by atoms with Crippen molar-refractivity contribution in [3.63, 3.8) is 0 Å². The molecule has 1 heterocycles. The number of carbonyl (C=O) groups is 2. The Morgan fingerprint density at radius 3 is 2.71 bits per heavy atom. The summed E-state index contributed by atoms with van der Waals surface area (Å²) in [5.74, 6) is 0.477. The van der Waals surface area contributed by atoms with Crippen molar-refractivity contribution in [1.29, 1.82) is 0 Å². The van der Waals surface area contributed by atoms with Crippen LogP contribution in [0, 0.1) is 5.92 Å². The molecule has 0 bridgehead atoms. The lowest BCUT2D eigenvalue weighted by atomic mass is 10.0. The Balaban J connectivity index is 1.78. The highest BCUT2D eigenvalue weighted by molar-refractivity contribution is 5.98. The van der Waals surface area contributed by atoms with E-state index in [2.05, 4.69) is 15.5 Å². The van der Waals surface area contributed by atoms with Gasteiger partial charge in [-0.05, 0) is 30.9 Å². The fourth-order valence-corrected chi connectivity index (χ4v) is 2.44. The van der Waals surface area contributed by atoms with Gasteiger partial charge in [0.15, 0.2) is 0 Å². The Bertz CT molecular complexity index is 765. The first-order valence-corrected chi connectivity index (χ1v) is 8.00. The second kappa shape index (κ2) is 6.43. The molecule has 24 heavy (non-hydrogen) atoms. The lowest BCUT2D eigenvalue weighted by Gasteiger charge is -2.19. The largest absolute Gasteiger partial charge is 0.368 e.